The first-order chi connectivity index (χ1) is 25.9. The second-order valence-electron chi connectivity index (χ2n) is 18.4. The standard InChI is InChI=1S/C24H42N2O.C17H26O2.C7H18N2/c1-7-9-16-24(17-10-8-2,21-14-12-11-13-15-21)18-22(27)25-19-23(3,4)20-26(5)6;1-3-5-12-17(13-6-4-2,14-16(18)19)15-10-8-7-9-11-15;1-7(2,5-8)6-9(3)4/h11-15H,7-10,16-20H2,1-6H3,(H,25,27);7-11H,3-6,12-14H2,1-2H3,(H,18,19);5-6,8H2,1-4H3/p+1. The monoisotopic (exact) mass is 768 g/mol. The summed E-state index contributed by atoms with van der Waals surface area (Å²) in [4.78, 5) is 27.9. The number of nitrogens with zero attached hydrogens (tertiary/aromatic N) is 1. The second-order valence-corrected chi connectivity index (χ2v) is 18.4. The Balaban J connectivity index is 0.000000900. The van der Waals surface area contributed by atoms with Gasteiger partial charge < -0.3 is 26.0 Å². The maximum Gasteiger partial charge on any atom is 0.304 e. The molecule has 5 N–H and O–H groups in total. The molecule has 2 aromatic rings. The van der Waals surface area contributed by atoms with Crippen LogP contribution in [0.2, 0.25) is 0 Å². The minimum atomic E-state index is -0.684. The summed E-state index contributed by atoms with van der Waals surface area (Å²) in [7, 11) is 8.47. The topological polar surface area (TPSA) is 100 Å². The van der Waals surface area contributed by atoms with Crippen molar-refractivity contribution >= 4 is 11.9 Å². The Morgan fingerprint density at radius 2 is 1.05 bits per heavy atom. The number of hydrogen-bond donors (Lipinski definition) is 4. The molecule has 316 valence electrons. The highest BCUT2D eigenvalue weighted by molar-refractivity contribution is 5.77. The summed E-state index contributed by atoms with van der Waals surface area (Å²) in [5, 5.41) is 12.6. The molecule has 0 atom stereocenters. The average molecular weight is 768 g/mol. The third-order valence-corrected chi connectivity index (χ3v) is 10.7. The Labute approximate surface area is 339 Å². The molecule has 0 fully saturated rings. The van der Waals surface area contributed by atoms with Gasteiger partial charge in [0.1, 0.15) is 0 Å². The number of amides is 1. The van der Waals surface area contributed by atoms with E-state index in [1.165, 1.54) is 41.7 Å². The molecular formula is C48H87N4O3+. The lowest BCUT2D eigenvalue weighted by Crippen LogP contribution is -3.07. The molecule has 55 heavy (non-hydrogen) atoms. The number of nitrogens with two attached hydrogens (primary N) is 1. The van der Waals surface area contributed by atoms with Gasteiger partial charge in [-0.3, -0.25) is 9.59 Å². The fourth-order valence-electron chi connectivity index (χ4n) is 7.97. The van der Waals surface area contributed by atoms with Crippen molar-refractivity contribution in [2.75, 3.05) is 54.4 Å². The molecule has 0 unspecified atom stereocenters. The van der Waals surface area contributed by atoms with Gasteiger partial charge in [-0.05, 0) is 62.9 Å². The number of hydrogen-bond acceptors (Lipinski definition) is 4. The van der Waals surface area contributed by atoms with Gasteiger partial charge >= 0.3 is 5.97 Å². The molecule has 0 spiro atoms. The van der Waals surface area contributed by atoms with Crippen LogP contribution in [-0.4, -0.2) is 76.3 Å². The molecule has 1 amide bonds. The smallest absolute Gasteiger partial charge is 0.304 e. The highest BCUT2D eigenvalue weighted by atomic mass is 16.4. The van der Waals surface area contributed by atoms with Crippen LogP contribution < -0.4 is 16.0 Å². The lowest BCUT2D eigenvalue weighted by Gasteiger charge is -2.35. The number of rotatable bonds is 25. The molecule has 0 heterocycles. The van der Waals surface area contributed by atoms with Crippen molar-refractivity contribution < 1.29 is 19.6 Å². The predicted molar refractivity (Wildman–Crippen MR) is 237 cm³/mol. The number of carboxylic acids is 1. The lowest BCUT2D eigenvalue weighted by atomic mass is 9.70. The Morgan fingerprint density at radius 1 is 0.673 bits per heavy atom. The van der Waals surface area contributed by atoms with E-state index in [0.29, 0.717) is 6.42 Å². The van der Waals surface area contributed by atoms with Crippen molar-refractivity contribution in [2.24, 2.45) is 16.6 Å². The molecule has 0 saturated carbocycles. The zero-order chi connectivity index (χ0) is 42.0. The summed E-state index contributed by atoms with van der Waals surface area (Å²) in [6, 6.07) is 21.0. The van der Waals surface area contributed by atoms with Crippen LogP contribution in [0.1, 0.15) is 156 Å². The number of nitrogens with one attached hydrogen (secondary N) is 2. The van der Waals surface area contributed by atoms with Gasteiger partial charge in [-0.2, -0.15) is 0 Å². The van der Waals surface area contributed by atoms with Crippen molar-refractivity contribution in [3.8, 4) is 0 Å². The highest BCUT2D eigenvalue weighted by Gasteiger charge is 2.35. The summed E-state index contributed by atoms with van der Waals surface area (Å²) in [6.45, 7) is 21.2. The molecule has 0 aliphatic rings. The van der Waals surface area contributed by atoms with E-state index in [1.807, 2.05) is 18.2 Å². The summed E-state index contributed by atoms with van der Waals surface area (Å²) >= 11 is 0. The second kappa shape index (κ2) is 27.8. The first-order valence-electron chi connectivity index (χ1n) is 21.6. The van der Waals surface area contributed by atoms with Crippen LogP contribution in [0.4, 0.5) is 0 Å². The Hall–Kier alpha value is -2.74. The lowest BCUT2D eigenvalue weighted by molar-refractivity contribution is -0.865. The molecule has 0 aliphatic heterocycles. The number of unbranched alkanes of at least 4 members (excludes halogenated alkanes) is 4. The summed E-state index contributed by atoms with van der Waals surface area (Å²) < 4.78 is 0. The normalized spacial score (nSPS) is 12.1. The fourth-order valence-corrected chi connectivity index (χ4v) is 7.97. The summed E-state index contributed by atoms with van der Waals surface area (Å²) in [6.07, 6.45) is 14.0. The largest absolute Gasteiger partial charge is 0.481 e. The predicted octanol–water partition coefficient (Wildman–Crippen LogP) is 9.29. The number of carbonyl (C=O) groups excluding carboxylic acids is 1. The third kappa shape index (κ3) is 22.6. The van der Waals surface area contributed by atoms with Crippen molar-refractivity contribution in [3.63, 3.8) is 0 Å². The highest BCUT2D eigenvalue weighted by Crippen LogP contribution is 2.40. The van der Waals surface area contributed by atoms with Gasteiger partial charge in [0.15, 0.2) is 0 Å². The van der Waals surface area contributed by atoms with Gasteiger partial charge in [0.05, 0.1) is 27.1 Å². The number of carboxylic acid groups (broad SMARTS) is 1. The van der Waals surface area contributed by atoms with Gasteiger partial charge in [-0.25, -0.2) is 0 Å². The first kappa shape index (κ1) is 52.3. The molecule has 7 heteroatoms. The zero-order valence-electron chi connectivity index (χ0n) is 37.8. The van der Waals surface area contributed by atoms with Crippen molar-refractivity contribution in [1.29, 1.82) is 0 Å². The van der Waals surface area contributed by atoms with Gasteiger partial charge in [0.25, 0.3) is 0 Å². The summed E-state index contributed by atoms with van der Waals surface area (Å²) in [5.74, 6) is -0.482. The van der Waals surface area contributed by atoms with Crippen molar-refractivity contribution in [2.45, 2.75) is 156 Å². The van der Waals surface area contributed by atoms with E-state index in [4.69, 9.17) is 5.73 Å². The molecule has 0 aromatic heterocycles. The summed E-state index contributed by atoms with van der Waals surface area (Å²) in [5.41, 5.74) is 8.21. The van der Waals surface area contributed by atoms with E-state index in [1.54, 1.807) is 0 Å². The van der Waals surface area contributed by atoms with Gasteiger partial charge in [-0.1, -0.05) is 167 Å². The SMILES string of the molecule is CCCCC(CCCC)(CC(=O)NCC(C)(C)C[NH+](C)C)c1ccccc1.CCCCC(CCCC)(CC(=O)O)c1ccccc1.CN(C)CC(C)(C)CN. The Bertz CT molecular complexity index is 1240. The quantitative estimate of drug-likeness (QED) is 0.0808. The van der Waals surface area contributed by atoms with E-state index in [2.05, 4.69) is 136 Å². The first-order valence-corrected chi connectivity index (χ1v) is 21.6. The van der Waals surface area contributed by atoms with Crippen molar-refractivity contribution in [1.82, 2.24) is 10.2 Å². The van der Waals surface area contributed by atoms with Crippen molar-refractivity contribution in [3.05, 3.63) is 71.8 Å². The molecule has 0 radical (unpaired) electrons. The fraction of sp³-hybridized carbons (Fsp3) is 0.708. The van der Waals surface area contributed by atoms with Gasteiger partial charge in [0, 0.05) is 35.8 Å². The van der Waals surface area contributed by atoms with E-state index in [0.717, 1.165) is 77.5 Å². The minimum Gasteiger partial charge on any atom is -0.481 e. The Morgan fingerprint density at radius 3 is 1.35 bits per heavy atom. The number of aliphatic carboxylic acids is 1. The van der Waals surface area contributed by atoms with Crippen LogP contribution in [0.5, 0.6) is 0 Å². The number of benzene rings is 2. The van der Waals surface area contributed by atoms with Gasteiger partial charge in [-0.15, -0.1) is 0 Å². The van der Waals surface area contributed by atoms with Gasteiger partial charge in [0.2, 0.25) is 5.91 Å². The molecule has 7 nitrogen and oxygen atoms in total. The maximum atomic E-state index is 13.0. The van der Waals surface area contributed by atoms with Crippen LogP contribution >= 0.6 is 0 Å². The molecule has 0 bridgehead atoms. The van der Waals surface area contributed by atoms with Crippen LogP contribution in [-0.2, 0) is 20.4 Å². The van der Waals surface area contributed by atoms with E-state index in [-0.39, 0.29) is 34.0 Å². The Kier molecular flexibility index (Phi) is 26.4. The number of carbonyl (C=O) groups is 2. The average Bonchev–Trinajstić information content (AvgIpc) is 3.13. The molecule has 2 rings (SSSR count). The molecule has 2 aromatic carbocycles. The third-order valence-electron chi connectivity index (χ3n) is 10.7. The van der Waals surface area contributed by atoms with Crippen LogP contribution in [0.15, 0.2) is 60.7 Å². The van der Waals surface area contributed by atoms with Crippen LogP contribution in [0, 0.1) is 10.8 Å². The molecule has 0 saturated heterocycles. The van der Waals surface area contributed by atoms with Crippen LogP contribution in [0.3, 0.4) is 0 Å². The van der Waals surface area contributed by atoms with E-state index in [9.17, 15) is 14.7 Å². The zero-order valence-corrected chi connectivity index (χ0v) is 37.8. The number of quaternary nitrogens is 1. The minimum absolute atomic E-state index is 0.0334. The van der Waals surface area contributed by atoms with E-state index < -0.39 is 5.97 Å². The van der Waals surface area contributed by atoms with E-state index >= 15 is 0 Å². The molecule has 0 aliphatic carbocycles. The maximum absolute atomic E-state index is 13.0. The van der Waals surface area contributed by atoms with Crippen LogP contribution in [0.25, 0.3) is 0 Å². The molecular weight excluding hydrogens is 681 g/mol.